The zero-order chi connectivity index (χ0) is 25.5. The van der Waals surface area contributed by atoms with Gasteiger partial charge in [-0.2, -0.15) is 5.10 Å². The van der Waals surface area contributed by atoms with E-state index in [1.807, 2.05) is 65.6 Å². The predicted octanol–water partition coefficient (Wildman–Crippen LogP) is 4.74. The molecule has 1 fully saturated rings. The first kappa shape index (κ1) is 23.0. The number of fused-ring (bicyclic) bond motifs is 1. The number of hydrogen-bond donors (Lipinski definition) is 0. The molecule has 0 spiro atoms. The van der Waals surface area contributed by atoms with E-state index < -0.39 is 0 Å². The molecule has 0 N–H and O–H groups in total. The summed E-state index contributed by atoms with van der Waals surface area (Å²) in [4.78, 5) is 7.35. The monoisotopic (exact) mass is 495 g/mol. The number of imidazole rings is 1. The maximum Gasteiger partial charge on any atom is 0.178 e. The highest BCUT2D eigenvalue weighted by molar-refractivity contribution is 5.77. The van der Waals surface area contributed by atoms with Gasteiger partial charge in [0.25, 0.3) is 0 Å². The zero-order valence-electron chi connectivity index (χ0n) is 21.4. The van der Waals surface area contributed by atoms with E-state index in [0.717, 1.165) is 64.7 Å². The summed E-state index contributed by atoms with van der Waals surface area (Å²) in [5, 5.41) is 13.7. The highest BCUT2D eigenvalue weighted by Crippen LogP contribution is 2.36. The summed E-state index contributed by atoms with van der Waals surface area (Å²) in [5.74, 6) is 1.36. The van der Waals surface area contributed by atoms with Crippen LogP contribution >= 0.6 is 0 Å². The van der Waals surface area contributed by atoms with Crippen molar-refractivity contribution in [1.29, 1.82) is 0 Å². The van der Waals surface area contributed by atoms with Gasteiger partial charge in [0, 0.05) is 24.2 Å². The lowest BCUT2D eigenvalue weighted by molar-refractivity contribution is 0.355. The summed E-state index contributed by atoms with van der Waals surface area (Å²) in [6.07, 6.45) is 3.03. The number of methoxy groups -OCH3 is 2. The molecule has 0 saturated carbocycles. The molecule has 4 heterocycles. The number of aryl methyl sites for hydroxylation is 2. The molecule has 0 aliphatic carbocycles. The molecule has 6 rings (SSSR count). The molecule has 1 atom stereocenters. The van der Waals surface area contributed by atoms with Crippen molar-refractivity contribution in [3.05, 3.63) is 72.2 Å². The van der Waals surface area contributed by atoms with Gasteiger partial charge in [-0.1, -0.05) is 35.5 Å². The molecule has 0 unspecified atom stereocenters. The van der Waals surface area contributed by atoms with Crippen molar-refractivity contribution in [2.75, 3.05) is 32.2 Å². The summed E-state index contributed by atoms with van der Waals surface area (Å²) in [6, 6.07) is 18.4. The summed E-state index contributed by atoms with van der Waals surface area (Å²) >= 11 is 0. The van der Waals surface area contributed by atoms with Gasteiger partial charge in [-0.15, -0.1) is 5.10 Å². The van der Waals surface area contributed by atoms with Gasteiger partial charge in [0.1, 0.15) is 5.69 Å². The van der Waals surface area contributed by atoms with Crippen molar-refractivity contribution < 1.29 is 9.47 Å². The van der Waals surface area contributed by atoms with Crippen LogP contribution in [-0.2, 0) is 0 Å². The molecule has 0 amide bonds. The molecular weight excluding hydrogens is 466 g/mol. The first-order chi connectivity index (χ1) is 18.1. The average Bonchev–Trinajstić information content (AvgIpc) is 3.67. The van der Waals surface area contributed by atoms with Crippen molar-refractivity contribution in [3.8, 4) is 34.0 Å². The Bertz CT molecular complexity index is 1570. The Morgan fingerprint density at radius 3 is 2.51 bits per heavy atom. The first-order valence-electron chi connectivity index (χ1n) is 12.4. The second-order valence-corrected chi connectivity index (χ2v) is 9.36. The van der Waals surface area contributed by atoms with Gasteiger partial charge >= 0.3 is 0 Å². The second kappa shape index (κ2) is 9.24. The van der Waals surface area contributed by atoms with Crippen LogP contribution in [0.4, 0.5) is 5.69 Å². The van der Waals surface area contributed by atoms with Crippen molar-refractivity contribution in [1.82, 2.24) is 29.6 Å². The molecule has 188 valence electrons. The fourth-order valence-electron chi connectivity index (χ4n) is 5.15. The van der Waals surface area contributed by atoms with Gasteiger partial charge in [-0.25, -0.2) is 14.2 Å². The lowest BCUT2D eigenvalue weighted by Gasteiger charge is -2.20. The van der Waals surface area contributed by atoms with E-state index in [4.69, 9.17) is 19.6 Å². The number of nitrogens with zero attached hydrogens (tertiary/aromatic N) is 7. The first-order valence-corrected chi connectivity index (χ1v) is 12.4. The van der Waals surface area contributed by atoms with E-state index in [1.165, 1.54) is 0 Å². The standard InChI is InChI=1S/C28H29N7O2/c1-18-14-24(33-13-12-22(16-33)34-17-23(30-32-34)20-8-6-5-7-9-20)28-29-19(2)27(35(28)31-18)21-10-11-25(36-3)26(15-21)37-4/h5-11,14-15,17,22H,12-13,16H2,1-4H3/t22-/m1/s1. The normalized spacial score (nSPS) is 15.5. The summed E-state index contributed by atoms with van der Waals surface area (Å²) in [6.45, 7) is 5.77. The van der Waals surface area contributed by atoms with Crippen LogP contribution in [0.25, 0.3) is 28.2 Å². The molecule has 1 aliphatic rings. The highest BCUT2D eigenvalue weighted by Gasteiger charge is 2.28. The van der Waals surface area contributed by atoms with Crippen LogP contribution in [0.5, 0.6) is 11.5 Å². The largest absolute Gasteiger partial charge is 0.493 e. The zero-order valence-corrected chi connectivity index (χ0v) is 21.4. The number of rotatable bonds is 6. The maximum absolute atomic E-state index is 5.54. The van der Waals surface area contributed by atoms with E-state index in [0.29, 0.717) is 11.5 Å². The molecular formula is C28H29N7O2. The number of hydrogen-bond acceptors (Lipinski definition) is 7. The Labute approximate surface area is 215 Å². The van der Waals surface area contributed by atoms with E-state index in [2.05, 4.69) is 33.4 Å². The number of ether oxygens (including phenoxy) is 2. The fourth-order valence-corrected chi connectivity index (χ4v) is 5.15. The Morgan fingerprint density at radius 1 is 0.919 bits per heavy atom. The lowest BCUT2D eigenvalue weighted by atomic mass is 10.1. The molecule has 0 bridgehead atoms. The van der Waals surface area contributed by atoms with Crippen molar-refractivity contribution >= 4 is 11.3 Å². The van der Waals surface area contributed by atoms with Gasteiger partial charge in [0.2, 0.25) is 0 Å². The van der Waals surface area contributed by atoms with Crippen LogP contribution in [-0.4, -0.2) is 56.9 Å². The van der Waals surface area contributed by atoms with Crippen LogP contribution < -0.4 is 14.4 Å². The topological polar surface area (TPSA) is 82.6 Å². The number of anilines is 1. The van der Waals surface area contributed by atoms with Crippen LogP contribution in [0.2, 0.25) is 0 Å². The number of aromatic nitrogens is 6. The second-order valence-electron chi connectivity index (χ2n) is 9.36. The molecule has 3 aromatic heterocycles. The third kappa shape index (κ3) is 4.06. The highest BCUT2D eigenvalue weighted by atomic mass is 16.5. The van der Waals surface area contributed by atoms with Gasteiger partial charge in [-0.05, 0) is 44.5 Å². The minimum absolute atomic E-state index is 0.236. The summed E-state index contributed by atoms with van der Waals surface area (Å²) in [7, 11) is 3.28. The molecule has 9 heteroatoms. The Balaban J connectivity index is 1.33. The van der Waals surface area contributed by atoms with Gasteiger partial charge in [0.05, 0.1) is 49.2 Å². The molecule has 1 aliphatic heterocycles. The van der Waals surface area contributed by atoms with Crippen LogP contribution in [0.3, 0.4) is 0 Å². The smallest absolute Gasteiger partial charge is 0.178 e. The SMILES string of the molecule is COc1ccc(-c2c(C)nc3c(N4CC[C@@H](n5cc(-c6ccccc6)nn5)C4)cc(C)nn23)cc1OC. The molecule has 0 radical (unpaired) electrons. The van der Waals surface area contributed by atoms with Crippen molar-refractivity contribution in [3.63, 3.8) is 0 Å². The van der Waals surface area contributed by atoms with E-state index in [-0.39, 0.29) is 6.04 Å². The Kier molecular flexibility index (Phi) is 5.75. The molecule has 5 aromatic rings. The van der Waals surface area contributed by atoms with Crippen LogP contribution in [0.1, 0.15) is 23.9 Å². The molecule has 37 heavy (non-hydrogen) atoms. The van der Waals surface area contributed by atoms with Crippen molar-refractivity contribution in [2.45, 2.75) is 26.3 Å². The number of benzene rings is 2. The third-order valence-electron chi connectivity index (χ3n) is 6.98. The van der Waals surface area contributed by atoms with Gasteiger partial charge in [0.15, 0.2) is 17.1 Å². The third-order valence-corrected chi connectivity index (χ3v) is 6.98. The van der Waals surface area contributed by atoms with Crippen molar-refractivity contribution in [2.24, 2.45) is 0 Å². The minimum Gasteiger partial charge on any atom is -0.493 e. The van der Waals surface area contributed by atoms with Gasteiger partial charge < -0.3 is 14.4 Å². The summed E-state index contributed by atoms with van der Waals surface area (Å²) < 4.78 is 14.9. The Morgan fingerprint density at radius 2 is 1.73 bits per heavy atom. The summed E-state index contributed by atoms with van der Waals surface area (Å²) in [5.41, 5.74) is 7.64. The quantitative estimate of drug-likeness (QED) is 0.336. The average molecular weight is 496 g/mol. The Hall–Kier alpha value is -4.40. The maximum atomic E-state index is 5.54. The molecule has 2 aromatic carbocycles. The van der Waals surface area contributed by atoms with E-state index in [9.17, 15) is 0 Å². The minimum atomic E-state index is 0.236. The molecule has 9 nitrogen and oxygen atoms in total. The molecule has 1 saturated heterocycles. The predicted molar refractivity (Wildman–Crippen MR) is 142 cm³/mol. The lowest BCUT2D eigenvalue weighted by Crippen LogP contribution is -2.22. The van der Waals surface area contributed by atoms with E-state index >= 15 is 0 Å². The van der Waals surface area contributed by atoms with E-state index in [1.54, 1.807) is 14.2 Å². The van der Waals surface area contributed by atoms with Gasteiger partial charge in [-0.3, -0.25) is 0 Å². The fraction of sp³-hybridized carbons (Fsp3) is 0.286. The van der Waals surface area contributed by atoms with Crippen LogP contribution in [0.15, 0.2) is 60.8 Å². The van der Waals surface area contributed by atoms with Crippen LogP contribution in [0, 0.1) is 13.8 Å².